The fourth-order valence-electron chi connectivity index (χ4n) is 2.73. The predicted molar refractivity (Wildman–Crippen MR) is 98.1 cm³/mol. The van der Waals surface area contributed by atoms with E-state index in [1.807, 2.05) is 33.4 Å². The zero-order valence-corrected chi connectivity index (χ0v) is 15.1. The number of hydrogen-bond donors (Lipinski definition) is 1. The average Bonchev–Trinajstić information content (AvgIpc) is 3.35. The second-order valence-electron chi connectivity index (χ2n) is 5.61. The van der Waals surface area contributed by atoms with E-state index in [9.17, 15) is 9.59 Å². The predicted octanol–water partition coefficient (Wildman–Crippen LogP) is 1.95. The zero-order valence-electron chi connectivity index (χ0n) is 13.4. The van der Waals surface area contributed by atoms with Crippen molar-refractivity contribution in [2.45, 2.75) is 19.4 Å². The topological polar surface area (TPSA) is 81.3 Å². The van der Waals surface area contributed by atoms with Crippen LogP contribution >= 0.6 is 22.7 Å². The quantitative estimate of drug-likeness (QED) is 0.580. The summed E-state index contributed by atoms with van der Waals surface area (Å²) in [4.78, 5) is 25.5. The molecule has 0 atom stereocenters. The van der Waals surface area contributed by atoms with Crippen LogP contribution in [0.2, 0.25) is 0 Å². The third-order valence-corrected chi connectivity index (χ3v) is 5.78. The maximum atomic E-state index is 12.3. The summed E-state index contributed by atoms with van der Waals surface area (Å²) in [5.74, 6) is 1.14. The van der Waals surface area contributed by atoms with Crippen molar-refractivity contribution in [1.29, 1.82) is 0 Å². The fraction of sp³-hybridized carbons (Fsp3) is 0.250. The first kappa shape index (κ1) is 16.0. The molecule has 4 aromatic heterocycles. The van der Waals surface area contributed by atoms with Gasteiger partial charge in [-0.15, -0.1) is 32.9 Å². The van der Waals surface area contributed by atoms with Gasteiger partial charge in [0.05, 0.1) is 12.1 Å². The van der Waals surface area contributed by atoms with Crippen LogP contribution in [0.3, 0.4) is 0 Å². The molecule has 0 aliphatic rings. The fourth-order valence-corrected chi connectivity index (χ4v) is 4.22. The molecule has 0 radical (unpaired) electrons. The molecule has 128 valence electrons. The lowest BCUT2D eigenvalue weighted by atomic mass is 10.2. The van der Waals surface area contributed by atoms with Crippen molar-refractivity contribution < 1.29 is 4.79 Å². The molecule has 1 amide bonds. The molecule has 0 spiro atoms. The molecule has 7 nitrogen and oxygen atoms in total. The summed E-state index contributed by atoms with van der Waals surface area (Å²) in [5.41, 5.74) is 0.715. The minimum absolute atomic E-state index is 0.0310. The van der Waals surface area contributed by atoms with Crippen LogP contribution in [0.5, 0.6) is 0 Å². The Morgan fingerprint density at radius 1 is 1.24 bits per heavy atom. The number of aryl methyl sites for hydroxylation is 2. The highest BCUT2D eigenvalue weighted by molar-refractivity contribution is 7.17. The van der Waals surface area contributed by atoms with Gasteiger partial charge in [-0.25, -0.2) is 0 Å². The maximum absolute atomic E-state index is 12.3. The van der Waals surface area contributed by atoms with E-state index in [-0.39, 0.29) is 11.5 Å². The summed E-state index contributed by atoms with van der Waals surface area (Å²) in [6.45, 7) is 0.542. The lowest BCUT2D eigenvalue weighted by molar-refractivity contribution is -0.121. The monoisotopic (exact) mass is 373 g/mol. The van der Waals surface area contributed by atoms with Crippen molar-refractivity contribution >= 4 is 44.6 Å². The Bertz CT molecular complexity index is 1110. The number of carbonyl (C=O) groups is 1. The highest BCUT2D eigenvalue weighted by atomic mass is 32.1. The Morgan fingerprint density at radius 2 is 2.12 bits per heavy atom. The van der Waals surface area contributed by atoms with Gasteiger partial charge in [0.1, 0.15) is 10.5 Å². The molecule has 4 rings (SSSR count). The number of rotatable bonds is 5. The lowest BCUT2D eigenvalue weighted by Gasteiger charge is -2.05. The van der Waals surface area contributed by atoms with E-state index in [0.717, 1.165) is 10.4 Å². The Kier molecular flexibility index (Phi) is 4.10. The van der Waals surface area contributed by atoms with Gasteiger partial charge < -0.3 is 5.32 Å². The van der Waals surface area contributed by atoms with Gasteiger partial charge >= 0.3 is 0 Å². The number of hydrogen-bond acceptors (Lipinski definition) is 6. The number of nitrogens with zero attached hydrogens (tertiary/aromatic N) is 4. The Balaban J connectivity index is 1.56. The van der Waals surface area contributed by atoms with Crippen LogP contribution in [0.1, 0.15) is 17.1 Å². The first-order valence-corrected chi connectivity index (χ1v) is 9.50. The summed E-state index contributed by atoms with van der Waals surface area (Å²) >= 11 is 3.01. The smallest absolute Gasteiger partial charge is 0.272 e. The van der Waals surface area contributed by atoms with Gasteiger partial charge in [-0.3, -0.25) is 18.6 Å². The molecule has 0 unspecified atom stereocenters. The van der Waals surface area contributed by atoms with Crippen LogP contribution in [-0.2, 0) is 24.8 Å². The summed E-state index contributed by atoms with van der Waals surface area (Å²) < 4.78 is 4.02. The molecular weight excluding hydrogens is 358 g/mol. The Labute approximate surface area is 150 Å². The lowest BCUT2D eigenvalue weighted by Crippen LogP contribution is -2.23. The number of carbonyl (C=O) groups excluding carboxylic acids is 1. The summed E-state index contributed by atoms with van der Waals surface area (Å²) in [6.07, 6.45) is 0.779. The molecule has 25 heavy (non-hydrogen) atoms. The van der Waals surface area contributed by atoms with Crippen LogP contribution < -0.4 is 10.9 Å². The molecule has 4 heterocycles. The Hall–Kier alpha value is -2.52. The van der Waals surface area contributed by atoms with Crippen molar-refractivity contribution in [3.05, 3.63) is 50.0 Å². The minimum atomic E-state index is -0.0786. The largest absolute Gasteiger partial charge is 0.351 e. The molecule has 4 aromatic rings. The SMILES string of the molecule is Cn1c(=O)c2sccc2n2c(CCC(=O)NCc3cccs3)nnc12. The van der Waals surface area contributed by atoms with Crippen LogP contribution in [0, 0.1) is 0 Å². The van der Waals surface area contributed by atoms with E-state index in [4.69, 9.17) is 0 Å². The minimum Gasteiger partial charge on any atom is -0.351 e. The van der Waals surface area contributed by atoms with Crippen LogP contribution in [0.25, 0.3) is 16.0 Å². The number of fused-ring (bicyclic) bond motifs is 3. The summed E-state index contributed by atoms with van der Waals surface area (Å²) in [7, 11) is 1.68. The molecular formula is C16H15N5O2S2. The summed E-state index contributed by atoms with van der Waals surface area (Å²) in [5, 5.41) is 15.1. The van der Waals surface area contributed by atoms with Crippen molar-refractivity contribution in [3.63, 3.8) is 0 Å². The van der Waals surface area contributed by atoms with Gasteiger partial charge in [-0.1, -0.05) is 6.07 Å². The van der Waals surface area contributed by atoms with Gasteiger partial charge in [-0.2, -0.15) is 0 Å². The maximum Gasteiger partial charge on any atom is 0.272 e. The van der Waals surface area contributed by atoms with E-state index < -0.39 is 0 Å². The number of nitrogens with one attached hydrogen (secondary N) is 1. The van der Waals surface area contributed by atoms with Crippen LogP contribution in [0.15, 0.2) is 33.8 Å². The number of aromatic nitrogens is 4. The molecule has 0 fully saturated rings. The van der Waals surface area contributed by atoms with Crippen LogP contribution in [0.4, 0.5) is 0 Å². The highest BCUT2D eigenvalue weighted by Gasteiger charge is 2.16. The molecule has 0 aliphatic heterocycles. The summed E-state index contributed by atoms with van der Waals surface area (Å²) in [6, 6.07) is 5.84. The third kappa shape index (κ3) is 2.85. The van der Waals surface area contributed by atoms with Crippen molar-refractivity contribution in [3.8, 4) is 0 Å². The standard InChI is InChI=1S/C16H15N5O2S2/c1-20-15(23)14-11(6-8-25-14)21-12(18-19-16(20)21)4-5-13(22)17-9-10-3-2-7-24-10/h2-3,6-8H,4-5,9H2,1H3,(H,17,22). The van der Waals surface area contributed by atoms with Gasteiger partial charge in [0.15, 0.2) is 0 Å². The van der Waals surface area contributed by atoms with E-state index in [1.54, 1.807) is 18.4 Å². The van der Waals surface area contributed by atoms with Gasteiger partial charge in [0, 0.05) is 24.8 Å². The molecule has 0 saturated heterocycles. The van der Waals surface area contributed by atoms with E-state index >= 15 is 0 Å². The van der Waals surface area contributed by atoms with Crippen LogP contribution in [-0.4, -0.2) is 25.1 Å². The van der Waals surface area contributed by atoms with Crippen molar-refractivity contribution in [1.82, 2.24) is 24.5 Å². The normalized spacial score (nSPS) is 11.4. The number of thiophene rings is 2. The molecule has 0 aromatic carbocycles. The van der Waals surface area contributed by atoms with Gasteiger partial charge in [-0.05, 0) is 22.9 Å². The third-order valence-electron chi connectivity index (χ3n) is 4.01. The molecule has 9 heteroatoms. The van der Waals surface area contributed by atoms with E-state index in [2.05, 4.69) is 15.5 Å². The molecule has 1 N–H and O–H groups in total. The van der Waals surface area contributed by atoms with Crippen molar-refractivity contribution in [2.24, 2.45) is 7.05 Å². The first-order valence-electron chi connectivity index (χ1n) is 7.74. The Morgan fingerprint density at radius 3 is 2.92 bits per heavy atom. The van der Waals surface area contributed by atoms with Gasteiger partial charge in [0.2, 0.25) is 11.7 Å². The van der Waals surface area contributed by atoms with Gasteiger partial charge in [0.25, 0.3) is 5.56 Å². The second-order valence-corrected chi connectivity index (χ2v) is 7.56. The molecule has 0 saturated carbocycles. The first-order chi connectivity index (χ1) is 12.1. The van der Waals surface area contributed by atoms with E-state index in [1.165, 1.54) is 15.9 Å². The zero-order chi connectivity index (χ0) is 17.4. The second kappa shape index (κ2) is 6.41. The molecule has 0 aliphatic carbocycles. The average molecular weight is 373 g/mol. The number of amides is 1. The van der Waals surface area contributed by atoms with Crippen molar-refractivity contribution in [2.75, 3.05) is 0 Å². The molecule has 0 bridgehead atoms. The van der Waals surface area contributed by atoms with E-state index in [0.29, 0.717) is 35.7 Å². The highest BCUT2D eigenvalue weighted by Crippen LogP contribution is 2.19.